The average molecular weight is 414 g/mol. The maximum Gasteiger partial charge on any atom is 0.262 e. The van der Waals surface area contributed by atoms with Gasteiger partial charge in [0.2, 0.25) is 11.7 Å². The summed E-state index contributed by atoms with van der Waals surface area (Å²) in [5.74, 6) is 1.57. The van der Waals surface area contributed by atoms with E-state index in [1.165, 1.54) is 18.2 Å². The van der Waals surface area contributed by atoms with E-state index in [4.69, 9.17) is 0 Å². The minimum Gasteiger partial charge on any atom is -0.342 e. The molecule has 4 rings (SSSR count). The van der Waals surface area contributed by atoms with Crippen LogP contribution in [0.3, 0.4) is 0 Å². The minimum absolute atomic E-state index is 0.0381. The van der Waals surface area contributed by atoms with Gasteiger partial charge in [-0.1, -0.05) is 44.2 Å². The standard InChI is InChI=1S/C21H27N5O2S/c1-3-4-12-25-19(28)16-9-5-6-10-17(16)26-20(25)22-23-21(26)29-14-18(27)24-11-7-8-15(2)13-24/h5-6,9-10,15H,3-4,7-8,11-14H2,1-2H3/t15-/m1/s1. The van der Waals surface area contributed by atoms with Crippen LogP contribution in [0.25, 0.3) is 16.7 Å². The number of unbranched alkanes of at least 4 members (excludes halogenated alkanes) is 1. The molecule has 3 heterocycles. The quantitative estimate of drug-likeness (QED) is 0.580. The van der Waals surface area contributed by atoms with Crippen molar-refractivity contribution in [2.45, 2.75) is 51.2 Å². The molecule has 8 heteroatoms. The average Bonchev–Trinajstić information content (AvgIpc) is 3.16. The van der Waals surface area contributed by atoms with Crippen molar-refractivity contribution in [3.63, 3.8) is 0 Å². The fourth-order valence-corrected chi connectivity index (χ4v) is 4.82. The van der Waals surface area contributed by atoms with Crippen molar-refractivity contribution in [3.8, 4) is 0 Å². The fraction of sp³-hybridized carbons (Fsp3) is 0.524. The number of likely N-dealkylation sites (tertiary alicyclic amines) is 1. The van der Waals surface area contributed by atoms with Gasteiger partial charge < -0.3 is 4.90 Å². The first-order valence-corrected chi connectivity index (χ1v) is 11.4. The maximum atomic E-state index is 13.0. The number of carbonyl (C=O) groups is 1. The molecule has 0 saturated carbocycles. The summed E-state index contributed by atoms with van der Waals surface area (Å²) in [5, 5.41) is 9.95. The Labute approximate surface area is 174 Å². The molecule has 0 aliphatic carbocycles. The lowest BCUT2D eigenvalue weighted by atomic mass is 10.0. The van der Waals surface area contributed by atoms with Gasteiger partial charge in [-0.3, -0.25) is 18.6 Å². The van der Waals surface area contributed by atoms with Gasteiger partial charge >= 0.3 is 0 Å². The molecular weight excluding hydrogens is 386 g/mol. The summed E-state index contributed by atoms with van der Waals surface area (Å²) in [6.45, 7) is 6.57. The first kappa shape index (κ1) is 19.9. The predicted molar refractivity (Wildman–Crippen MR) is 115 cm³/mol. The maximum absolute atomic E-state index is 13.0. The zero-order chi connectivity index (χ0) is 20.4. The van der Waals surface area contributed by atoms with Crippen LogP contribution in [0.15, 0.2) is 34.2 Å². The van der Waals surface area contributed by atoms with Gasteiger partial charge in [-0.15, -0.1) is 10.2 Å². The van der Waals surface area contributed by atoms with E-state index in [-0.39, 0.29) is 11.5 Å². The molecule has 7 nitrogen and oxygen atoms in total. The lowest BCUT2D eigenvalue weighted by Gasteiger charge is -2.30. The zero-order valence-electron chi connectivity index (χ0n) is 17.0. The highest BCUT2D eigenvalue weighted by Gasteiger charge is 2.22. The van der Waals surface area contributed by atoms with Crippen LogP contribution in [0, 0.1) is 5.92 Å². The SMILES string of the molecule is CCCCn1c(=O)c2ccccc2n2c(SCC(=O)N3CCC[C@@H](C)C3)nnc12. The summed E-state index contributed by atoms with van der Waals surface area (Å²) in [4.78, 5) is 27.6. The summed E-state index contributed by atoms with van der Waals surface area (Å²) in [6.07, 6.45) is 4.14. The second-order valence-electron chi connectivity index (χ2n) is 7.82. The number of aromatic nitrogens is 4. The molecule has 1 aliphatic rings. The van der Waals surface area contributed by atoms with Gasteiger partial charge in [-0.2, -0.15) is 0 Å². The van der Waals surface area contributed by atoms with E-state index in [2.05, 4.69) is 24.0 Å². The summed E-state index contributed by atoms with van der Waals surface area (Å²) < 4.78 is 3.63. The van der Waals surface area contributed by atoms with E-state index in [1.54, 1.807) is 4.57 Å². The molecule has 0 unspecified atom stereocenters. The van der Waals surface area contributed by atoms with Crippen LogP contribution >= 0.6 is 11.8 Å². The van der Waals surface area contributed by atoms with Crippen LogP contribution in [0.4, 0.5) is 0 Å². The summed E-state index contributed by atoms with van der Waals surface area (Å²) in [5.41, 5.74) is 0.746. The van der Waals surface area contributed by atoms with Gasteiger partial charge in [0.05, 0.1) is 16.7 Å². The molecule has 1 aromatic carbocycles. The Hall–Kier alpha value is -2.35. The number of hydrogen-bond donors (Lipinski definition) is 0. The van der Waals surface area contributed by atoms with Crippen LogP contribution in [0.2, 0.25) is 0 Å². The Morgan fingerprint density at radius 1 is 1.28 bits per heavy atom. The Balaban J connectivity index is 1.68. The third-order valence-corrected chi connectivity index (χ3v) is 6.46. The van der Waals surface area contributed by atoms with Gasteiger partial charge in [0.15, 0.2) is 5.16 Å². The van der Waals surface area contributed by atoms with Crippen molar-refractivity contribution in [3.05, 3.63) is 34.6 Å². The first-order chi connectivity index (χ1) is 14.1. The zero-order valence-corrected chi connectivity index (χ0v) is 17.8. The number of fused-ring (bicyclic) bond motifs is 3. The monoisotopic (exact) mass is 413 g/mol. The smallest absolute Gasteiger partial charge is 0.262 e. The minimum atomic E-state index is -0.0381. The van der Waals surface area contributed by atoms with Crippen molar-refractivity contribution >= 4 is 34.3 Å². The fourth-order valence-electron chi connectivity index (χ4n) is 3.98. The number of rotatable bonds is 6. The molecule has 29 heavy (non-hydrogen) atoms. The lowest BCUT2D eigenvalue weighted by molar-refractivity contribution is -0.130. The molecule has 154 valence electrons. The molecule has 3 aromatic rings. The number of benzene rings is 1. The number of piperidine rings is 1. The number of thioether (sulfide) groups is 1. The van der Waals surface area contributed by atoms with Crippen LogP contribution in [0.5, 0.6) is 0 Å². The number of aryl methyl sites for hydroxylation is 1. The predicted octanol–water partition coefficient (Wildman–Crippen LogP) is 3.19. The molecule has 1 atom stereocenters. The van der Waals surface area contributed by atoms with E-state index in [0.717, 1.165) is 37.9 Å². The van der Waals surface area contributed by atoms with Gasteiger partial charge in [0, 0.05) is 19.6 Å². The lowest BCUT2D eigenvalue weighted by Crippen LogP contribution is -2.40. The van der Waals surface area contributed by atoms with Crippen molar-refractivity contribution in [1.29, 1.82) is 0 Å². The van der Waals surface area contributed by atoms with Crippen LogP contribution in [0.1, 0.15) is 39.5 Å². The second kappa shape index (κ2) is 8.57. The van der Waals surface area contributed by atoms with Crippen LogP contribution < -0.4 is 5.56 Å². The largest absolute Gasteiger partial charge is 0.342 e. The number of para-hydroxylation sites is 1. The van der Waals surface area contributed by atoms with Crippen molar-refractivity contribution in [2.75, 3.05) is 18.8 Å². The van der Waals surface area contributed by atoms with Crippen molar-refractivity contribution < 1.29 is 4.79 Å². The van der Waals surface area contributed by atoms with E-state index in [0.29, 0.717) is 34.5 Å². The Morgan fingerprint density at radius 2 is 2.10 bits per heavy atom. The van der Waals surface area contributed by atoms with Crippen LogP contribution in [-0.4, -0.2) is 48.8 Å². The molecule has 0 radical (unpaired) electrons. The highest BCUT2D eigenvalue weighted by Crippen LogP contribution is 2.23. The topological polar surface area (TPSA) is 72.5 Å². The Kier molecular flexibility index (Phi) is 5.89. The molecule has 1 saturated heterocycles. The van der Waals surface area contributed by atoms with E-state index in [9.17, 15) is 9.59 Å². The molecule has 0 spiro atoms. The van der Waals surface area contributed by atoms with Crippen molar-refractivity contribution in [2.24, 2.45) is 5.92 Å². The highest BCUT2D eigenvalue weighted by molar-refractivity contribution is 7.99. The Bertz CT molecular complexity index is 1090. The van der Waals surface area contributed by atoms with E-state index < -0.39 is 0 Å². The molecule has 2 aromatic heterocycles. The summed E-state index contributed by atoms with van der Waals surface area (Å²) >= 11 is 1.40. The molecule has 1 fully saturated rings. The number of nitrogens with zero attached hydrogens (tertiary/aromatic N) is 5. The number of carbonyl (C=O) groups excluding carboxylic acids is 1. The Morgan fingerprint density at radius 3 is 2.90 bits per heavy atom. The molecular formula is C21H27N5O2S. The van der Waals surface area contributed by atoms with Gasteiger partial charge in [0.25, 0.3) is 5.56 Å². The molecule has 1 amide bonds. The second-order valence-corrected chi connectivity index (χ2v) is 8.76. The number of hydrogen-bond acceptors (Lipinski definition) is 5. The molecule has 1 aliphatic heterocycles. The highest BCUT2D eigenvalue weighted by atomic mass is 32.2. The normalized spacial score (nSPS) is 17.3. The number of amides is 1. The van der Waals surface area contributed by atoms with Crippen LogP contribution in [-0.2, 0) is 11.3 Å². The van der Waals surface area contributed by atoms with Crippen molar-refractivity contribution in [1.82, 2.24) is 24.1 Å². The van der Waals surface area contributed by atoms with Gasteiger partial charge in [0.1, 0.15) is 0 Å². The molecule has 0 bridgehead atoms. The summed E-state index contributed by atoms with van der Waals surface area (Å²) in [6, 6.07) is 7.54. The molecule has 0 N–H and O–H groups in total. The first-order valence-electron chi connectivity index (χ1n) is 10.4. The van der Waals surface area contributed by atoms with Gasteiger partial charge in [-0.25, -0.2) is 0 Å². The third-order valence-electron chi connectivity index (χ3n) is 5.55. The van der Waals surface area contributed by atoms with E-state index >= 15 is 0 Å². The van der Waals surface area contributed by atoms with Gasteiger partial charge in [-0.05, 0) is 37.3 Å². The third kappa shape index (κ3) is 3.90. The summed E-state index contributed by atoms with van der Waals surface area (Å²) in [7, 11) is 0. The van der Waals surface area contributed by atoms with E-state index in [1.807, 2.05) is 33.6 Å².